The largest absolute Gasteiger partial charge is 0.468 e. The molecular formula is C57H61BN2O. The van der Waals surface area contributed by atoms with E-state index in [0.29, 0.717) is 0 Å². The van der Waals surface area contributed by atoms with Crippen LogP contribution in [0.25, 0.3) is 22.1 Å². The van der Waals surface area contributed by atoms with Crippen molar-refractivity contribution in [1.29, 1.82) is 0 Å². The van der Waals surface area contributed by atoms with Crippen LogP contribution in [0.1, 0.15) is 121 Å². The number of hydrogen-bond donors (Lipinski definition) is 0. The van der Waals surface area contributed by atoms with Crippen molar-refractivity contribution in [3.8, 4) is 11.1 Å². The SMILES string of the molecule is Cc1cc2c3c(c1)N(c1ccc(C(C)(C)C)cc1)c1c(oc4cc5c(cc14)C(C)(C)CCC5(C)C)B3c1cc(C(C)(C)C)ccc1N2c1cc(-c2ccccc2C)ccc1C. The smallest absolute Gasteiger partial charge is 0.297 e. The predicted octanol–water partition coefficient (Wildman–Crippen LogP) is 14.1. The third-order valence-corrected chi connectivity index (χ3v) is 14.5. The fourth-order valence-corrected chi connectivity index (χ4v) is 10.7. The molecule has 6 aromatic carbocycles. The first-order valence-electron chi connectivity index (χ1n) is 22.5. The molecule has 61 heavy (non-hydrogen) atoms. The van der Waals surface area contributed by atoms with E-state index in [1.807, 2.05) is 0 Å². The minimum Gasteiger partial charge on any atom is -0.468 e. The molecule has 3 aliphatic rings. The molecule has 0 amide bonds. The molecule has 1 aliphatic carbocycles. The molecule has 2 aliphatic heterocycles. The van der Waals surface area contributed by atoms with Gasteiger partial charge in [0.1, 0.15) is 5.58 Å². The first-order chi connectivity index (χ1) is 28.7. The normalized spacial score (nSPS) is 16.3. The highest BCUT2D eigenvalue weighted by Crippen LogP contribution is 2.52. The third kappa shape index (κ3) is 6.14. The Morgan fingerprint density at radius 1 is 0.574 bits per heavy atom. The van der Waals surface area contributed by atoms with E-state index in [9.17, 15) is 0 Å². The van der Waals surface area contributed by atoms with Gasteiger partial charge in [-0.05, 0) is 165 Å². The summed E-state index contributed by atoms with van der Waals surface area (Å²) in [5, 5.41) is 1.20. The number of furan rings is 1. The van der Waals surface area contributed by atoms with Crippen molar-refractivity contribution < 1.29 is 4.42 Å². The molecule has 0 bridgehead atoms. The Bertz CT molecular complexity index is 2930. The molecule has 0 spiro atoms. The average molecular weight is 801 g/mol. The molecule has 0 unspecified atom stereocenters. The maximum atomic E-state index is 7.50. The van der Waals surface area contributed by atoms with Crippen LogP contribution in [-0.2, 0) is 21.7 Å². The average Bonchev–Trinajstić information content (AvgIpc) is 3.57. The fourth-order valence-electron chi connectivity index (χ4n) is 10.7. The first kappa shape index (κ1) is 39.6. The van der Waals surface area contributed by atoms with E-state index in [1.54, 1.807) is 0 Å². The van der Waals surface area contributed by atoms with Gasteiger partial charge >= 0.3 is 0 Å². The van der Waals surface area contributed by atoms with Crippen molar-refractivity contribution in [3.63, 3.8) is 0 Å². The quantitative estimate of drug-likeness (QED) is 0.166. The van der Waals surface area contributed by atoms with Gasteiger partial charge in [-0.15, -0.1) is 0 Å². The Hall–Kier alpha value is -5.48. The van der Waals surface area contributed by atoms with Gasteiger partial charge in [-0.25, -0.2) is 0 Å². The summed E-state index contributed by atoms with van der Waals surface area (Å²) < 4.78 is 7.50. The maximum Gasteiger partial charge on any atom is 0.297 e. The third-order valence-electron chi connectivity index (χ3n) is 14.5. The van der Waals surface area contributed by atoms with Gasteiger partial charge in [-0.3, -0.25) is 0 Å². The van der Waals surface area contributed by atoms with Crippen LogP contribution in [0.15, 0.2) is 114 Å². The molecule has 7 aromatic rings. The topological polar surface area (TPSA) is 19.6 Å². The van der Waals surface area contributed by atoms with E-state index >= 15 is 0 Å². The number of anilines is 6. The van der Waals surface area contributed by atoms with E-state index in [1.165, 1.54) is 94.8 Å². The summed E-state index contributed by atoms with van der Waals surface area (Å²) in [5.41, 5.74) is 23.6. The van der Waals surface area contributed by atoms with Crippen LogP contribution in [-0.4, -0.2) is 6.71 Å². The van der Waals surface area contributed by atoms with Crippen LogP contribution in [0.5, 0.6) is 0 Å². The van der Waals surface area contributed by atoms with E-state index in [0.717, 1.165) is 29.8 Å². The standard InChI is InChI=1S/C57H61BN2O/c1-34-28-48-51-49(29-34)60(47-30-37(19-18-36(47)3)41-17-15-14-16-35(41)2)46-25-22-39(55(7,8)9)31-45(46)58(51)53-52(59(48)40-23-20-38(21-24-40)54(4,5)6)42-32-43-44(33-50(42)61-53)57(12,13)27-26-56(43,10)11/h14-25,28-33H,26-27H2,1-13H3. The van der Waals surface area contributed by atoms with Gasteiger partial charge in [0.15, 0.2) is 0 Å². The van der Waals surface area contributed by atoms with E-state index in [-0.39, 0.29) is 28.4 Å². The number of benzene rings is 6. The van der Waals surface area contributed by atoms with Crippen LogP contribution in [0.3, 0.4) is 0 Å². The molecule has 0 atom stereocenters. The Kier molecular flexibility index (Phi) is 8.62. The Balaban J connectivity index is 1.32. The number of rotatable bonds is 3. The van der Waals surface area contributed by atoms with Crippen molar-refractivity contribution in [1.82, 2.24) is 0 Å². The minimum absolute atomic E-state index is 0.0403. The lowest BCUT2D eigenvalue weighted by atomic mass is 9.35. The number of aryl methyl sites for hydroxylation is 3. The summed E-state index contributed by atoms with van der Waals surface area (Å²) >= 11 is 0. The van der Waals surface area contributed by atoms with Crippen molar-refractivity contribution in [2.24, 2.45) is 0 Å². The zero-order chi connectivity index (χ0) is 43.1. The van der Waals surface area contributed by atoms with Gasteiger partial charge in [-0.1, -0.05) is 130 Å². The highest BCUT2D eigenvalue weighted by atomic mass is 16.3. The van der Waals surface area contributed by atoms with E-state index in [4.69, 9.17) is 4.42 Å². The van der Waals surface area contributed by atoms with Crippen LogP contribution < -0.4 is 26.4 Å². The van der Waals surface area contributed by atoms with Crippen molar-refractivity contribution in [2.45, 2.75) is 125 Å². The summed E-state index contributed by atoms with van der Waals surface area (Å²) in [5.74, 6) is 0. The summed E-state index contributed by atoms with van der Waals surface area (Å²) in [6, 6.07) is 42.1. The summed E-state index contributed by atoms with van der Waals surface area (Å²) in [7, 11) is 0. The summed E-state index contributed by atoms with van der Waals surface area (Å²) in [6.07, 6.45) is 2.32. The molecule has 10 rings (SSSR count). The second-order valence-corrected chi connectivity index (χ2v) is 21.9. The van der Waals surface area contributed by atoms with Gasteiger partial charge in [0.25, 0.3) is 6.71 Å². The van der Waals surface area contributed by atoms with E-state index in [2.05, 4.69) is 209 Å². The zero-order valence-corrected chi connectivity index (χ0v) is 38.7. The first-order valence-corrected chi connectivity index (χ1v) is 22.5. The summed E-state index contributed by atoms with van der Waals surface area (Å²) in [6.45, 7) is 30.2. The molecule has 3 heterocycles. The molecule has 0 saturated carbocycles. The highest BCUT2D eigenvalue weighted by Gasteiger charge is 2.48. The van der Waals surface area contributed by atoms with Gasteiger partial charge in [0, 0.05) is 33.8 Å². The van der Waals surface area contributed by atoms with Crippen molar-refractivity contribution >= 4 is 68.4 Å². The van der Waals surface area contributed by atoms with Gasteiger partial charge < -0.3 is 14.2 Å². The Morgan fingerprint density at radius 2 is 1.20 bits per heavy atom. The molecule has 3 nitrogen and oxygen atoms in total. The lowest BCUT2D eigenvalue weighted by Gasteiger charge is -2.43. The van der Waals surface area contributed by atoms with Crippen molar-refractivity contribution in [3.05, 3.63) is 148 Å². The van der Waals surface area contributed by atoms with Crippen LogP contribution in [0, 0.1) is 20.8 Å². The molecule has 308 valence electrons. The fraction of sp³-hybridized carbons (Fsp3) is 0.333. The molecular weight excluding hydrogens is 739 g/mol. The molecule has 0 N–H and O–H groups in total. The Morgan fingerprint density at radius 3 is 1.85 bits per heavy atom. The number of nitrogens with zero attached hydrogens (tertiary/aromatic N) is 2. The molecule has 1 aromatic heterocycles. The van der Waals surface area contributed by atoms with E-state index < -0.39 is 0 Å². The van der Waals surface area contributed by atoms with Gasteiger partial charge in [0.05, 0.1) is 11.3 Å². The van der Waals surface area contributed by atoms with Crippen LogP contribution in [0.2, 0.25) is 0 Å². The van der Waals surface area contributed by atoms with Crippen LogP contribution in [0.4, 0.5) is 34.1 Å². The second kappa shape index (κ2) is 13.3. The summed E-state index contributed by atoms with van der Waals surface area (Å²) in [4.78, 5) is 5.12. The monoisotopic (exact) mass is 800 g/mol. The Labute approximate surface area is 364 Å². The number of fused-ring (bicyclic) bond motifs is 7. The molecule has 0 fully saturated rings. The molecule has 0 radical (unpaired) electrons. The lowest BCUT2D eigenvalue weighted by molar-refractivity contribution is 0.332. The van der Waals surface area contributed by atoms with Crippen molar-refractivity contribution in [2.75, 3.05) is 9.80 Å². The number of hydrogen-bond acceptors (Lipinski definition) is 3. The second-order valence-electron chi connectivity index (χ2n) is 21.9. The van der Waals surface area contributed by atoms with Gasteiger partial charge in [-0.2, -0.15) is 0 Å². The molecule has 0 saturated heterocycles. The highest BCUT2D eigenvalue weighted by molar-refractivity contribution is 7.00. The zero-order valence-electron chi connectivity index (χ0n) is 38.7. The minimum atomic E-state index is -0.107. The van der Waals surface area contributed by atoms with Crippen LogP contribution >= 0.6 is 0 Å². The molecule has 4 heteroatoms. The van der Waals surface area contributed by atoms with Gasteiger partial charge in [0.2, 0.25) is 0 Å². The maximum absolute atomic E-state index is 7.50. The predicted molar refractivity (Wildman–Crippen MR) is 263 cm³/mol. The lowest BCUT2D eigenvalue weighted by Crippen LogP contribution is -2.61.